The number of hydrogen-bond donors (Lipinski definition) is 0. The first-order chi connectivity index (χ1) is 12.4. The van der Waals surface area contributed by atoms with E-state index < -0.39 is 0 Å². The van der Waals surface area contributed by atoms with Crippen LogP contribution in [0.15, 0.2) is 48.5 Å². The van der Waals surface area contributed by atoms with E-state index in [2.05, 4.69) is 41.0 Å². The molecule has 0 fully saturated rings. The van der Waals surface area contributed by atoms with Crippen molar-refractivity contribution in [3.8, 4) is 0 Å². The smallest absolute Gasteiger partial charge is 0.236 e. The minimum atomic E-state index is 0.107. The zero-order valence-corrected chi connectivity index (χ0v) is 16.8. The average Bonchev–Trinajstić information content (AvgIpc) is 2.63. The van der Waals surface area contributed by atoms with Crippen molar-refractivity contribution in [3.63, 3.8) is 0 Å². The van der Waals surface area contributed by atoms with E-state index in [0.29, 0.717) is 19.6 Å². The number of benzene rings is 2. The molecule has 4 nitrogen and oxygen atoms in total. The molecule has 0 saturated heterocycles. The summed E-state index contributed by atoms with van der Waals surface area (Å²) in [5.41, 5.74) is 3.32. The summed E-state index contributed by atoms with van der Waals surface area (Å²) < 4.78 is 0. The molecule has 26 heavy (non-hydrogen) atoms. The van der Waals surface area contributed by atoms with Crippen molar-refractivity contribution in [3.05, 3.63) is 64.7 Å². The monoisotopic (exact) mass is 373 g/mol. The zero-order valence-electron chi connectivity index (χ0n) is 16.1. The van der Waals surface area contributed by atoms with E-state index in [1.165, 1.54) is 0 Å². The highest BCUT2D eigenvalue weighted by Crippen LogP contribution is 2.17. The van der Waals surface area contributed by atoms with Crippen LogP contribution >= 0.6 is 11.6 Å². The fourth-order valence-corrected chi connectivity index (χ4v) is 2.92. The molecule has 0 unspecified atom stereocenters. The van der Waals surface area contributed by atoms with Gasteiger partial charge in [0.25, 0.3) is 0 Å². The minimum Gasteiger partial charge on any atom is -0.378 e. The fourth-order valence-electron chi connectivity index (χ4n) is 2.72. The van der Waals surface area contributed by atoms with Crippen molar-refractivity contribution in [2.45, 2.75) is 20.0 Å². The average molecular weight is 374 g/mol. The van der Waals surface area contributed by atoms with E-state index in [1.54, 1.807) is 4.90 Å². The standard InChI is InChI=1S/C21H28ClN3O/c1-5-25(15-18-8-6-7-9-20(18)22)16-21(26)24(4)14-17-10-12-19(13-11-17)23(2)3/h6-13H,5,14-16H2,1-4H3. The predicted molar refractivity (Wildman–Crippen MR) is 110 cm³/mol. The van der Waals surface area contributed by atoms with Crippen molar-refractivity contribution in [1.29, 1.82) is 0 Å². The number of carbonyl (C=O) groups is 1. The lowest BCUT2D eigenvalue weighted by Crippen LogP contribution is -2.37. The molecular weight excluding hydrogens is 346 g/mol. The molecule has 0 radical (unpaired) electrons. The van der Waals surface area contributed by atoms with Crippen LogP contribution in [0.1, 0.15) is 18.1 Å². The maximum absolute atomic E-state index is 12.6. The van der Waals surface area contributed by atoms with Crippen molar-refractivity contribution >= 4 is 23.2 Å². The minimum absolute atomic E-state index is 0.107. The number of carbonyl (C=O) groups excluding carboxylic acids is 1. The molecule has 2 rings (SSSR count). The van der Waals surface area contributed by atoms with Gasteiger partial charge in [-0.15, -0.1) is 0 Å². The summed E-state index contributed by atoms with van der Waals surface area (Å²) in [6.07, 6.45) is 0. The summed E-state index contributed by atoms with van der Waals surface area (Å²) in [6, 6.07) is 16.1. The number of anilines is 1. The molecule has 0 aliphatic heterocycles. The summed E-state index contributed by atoms with van der Waals surface area (Å²) in [4.78, 5) is 18.6. The van der Waals surface area contributed by atoms with E-state index in [1.807, 2.05) is 45.4 Å². The van der Waals surface area contributed by atoms with E-state index in [9.17, 15) is 4.79 Å². The summed E-state index contributed by atoms with van der Waals surface area (Å²) in [5, 5.41) is 0.743. The molecule has 0 aromatic heterocycles. The number of nitrogens with zero attached hydrogens (tertiary/aromatic N) is 3. The summed E-state index contributed by atoms with van der Waals surface area (Å²) in [6.45, 7) is 4.52. The molecule has 0 aliphatic rings. The second-order valence-electron chi connectivity index (χ2n) is 6.71. The van der Waals surface area contributed by atoms with Crippen molar-refractivity contribution in [2.75, 3.05) is 39.1 Å². The van der Waals surface area contributed by atoms with Gasteiger partial charge in [0.2, 0.25) is 5.91 Å². The van der Waals surface area contributed by atoms with E-state index >= 15 is 0 Å². The Hall–Kier alpha value is -2.04. The highest BCUT2D eigenvalue weighted by Gasteiger charge is 2.15. The van der Waals surface area contributed by atoms with Crippen LogP contribution in [0.3, 0.4) is 0 Å². The molecule has 5 heteroatoms. The maximum Gasteiger partial charge on any atom is 0.236 e. The number of rotatable bonds is 8. The lowest BCUT2D eigenvalue weighted by Gasteiger charge is -2.24. The van der Waals surface area contributed by atoms with E-state index in [4.69, 9.17) is 11.6 Å². The Balaban J connectivity index is 1.93. The van der Waals surface area contributed by atoms with Crippen LogP contribution in [0.2, 0.25) is 5.02 Å². The highest BCUT2D eigenvalue weighted by molar-refractivity contribution is 6.31. The molecule has 1 amide bonds. The van der Waals surface area contributed by atoms with E-state index in [-0.39, 0.29) is 5.91 Å². The van der Waals surface area contributed by atoms with Gasteiger partial charge in [-0.1, -0.05) is 48.9 Å². The first-order valence-corrected chi connectivity index (χ1v) is 9.24. The van der Waals surface area contributed by atoms with Gasteiger partial charge < -0.3 is 9.80 Å². The fraction of sp³-hybridized carbons (Fsp3) is 0.381. The highest BCUT2D eigenvalue weighted by atomic mass is 35.5. The second kappa shape index (κ2) is 9.60. The third kappa shape index (κ3) is 5.75. The van der Waals surface area contributed by atoms with Gasteiger partial charge >= 0.3 is 0 Å². The van der Waals surface area contributed by atoms with Gasteiger partial charge in [0.15, 0.2) is 0 Å². The van der Waals surface area contributed by atoms with Crippen LogP contribution in [0.5, 0.6) is 0 Å². The number of hydrogen-bond acceptors (Lipinski definition) is 3. The van der Waals surface area contributed by atoms with Gasteiger partial charge in [0.1, 0.15) is 0 Å². The molecule has 0 heterocycles. The largest absolute Gasteiger partial charge is 0.378 e. The number of amides is 1. The Morgan fingerprint density at radius 1 is 0.962 bits per heavy atom. The molecule has 0 saturated carbocycles. The Morgan fingerprint density at radius 2 is 1.62 bits per heavy atom. The number of likely N-dealkylation sites (N-methyl/N-ethyl adjacent to an activating group) is 2. The molecule has 140 valence electrons. The van der Waals surface area contributed by atoms with E-state index in [0.717, 1.165) is 28.4 Å². The van der Waals surface area contributed by atoms with Crippen molar-refractivity contribution in [1.82, 2.24) is 9.80 Å². The van der Waals surface area contributed by atoms with Crippen LogP contribution in [0, 0.1) is 0 Å². The number of halogens is 1. The van der Waals surface area contributed by atoms with Crippen molar-refractivity contribution in [2.24, 2.45) is 0 Å². The lowest BCUT2D eigenvalue weighted by atomic mass is 10.2. The van der Waals surface area contributed by atoms with Gasteiger partial charge in [-0.25, -0.2) is 0 Å². The topological polar surface area (TPSA) is 26.8 Å². The Bertz CT molecular complexity index is 715. The van der Waals surface area contributed by atoms with Crippen LogP contribution in [0.25, 0.3) is 0 Å². The molecule has 2 aromatic rings. The van der Waals surface area contributed by atoms with Gasteiger partial charge in [-0.05, 0) is 35.9 Å². The Labute approximate surface area is 162 Å². The third-order valence-electron chi connectivity index (χ3n) is 4.46. The predicted octanol–water partition coefficient (Wildman–Crippen LogP) is 3.89. The molecule has 0 spiro atoms. The molecule has 0 aliphatic carbocycles. The SMILES string of the molecule is CCN(CC(=O)N(C)Cc1ccc(N(C)C)cc1)Cc1ccccc1Cl. The Kier molecular flexibility index (Phi) is 7.49. The molecular formula is C21H28ClN3O. The van der Waals surface area contributed by atoms with Gasteiger partial charge in [0.05, 0.1) is 6.54 Å². The Morgan fingerprint density at radius 3 is 2.19 bits per heavy atom. The van der Waals surface area contributed by atoms with Gasteiger partial charge in [-0.2, -0.15) is 0 Å². The van der Waals surface area contributed by atoms with Crippen LogP contribution in [0.4, 0.5) is 5.69 Å². The van der Waals surface area contributed by atoms with Crippen LogP contribution < -0.4 is 4.90 Å². The first kappa shape index (κ1) is 20.3. The quantitative estimate of drug-likeness (QED) is 0.702. The molecule has 0 bridgehead atoms. The first-order valence-electron chi connectivity index (χ1n) is 8.86. The zero-order chi connectivity index (χ0) is 19.1. The summed E-state index contributed by atoms with van der Waals surface area (Å²) in [7, 11) is 5.89. The lowest BCUT2D eigenvalue weighted by molar-refractivity contribution is -0.131. The summed E-state index contributed by atoms with van der Waals surface area (Å²) >= 11 is 6.24. The molecule has 2 aromatic carbocycles. The third-order valence-corrected chi connectivity index (χ3v) is 4.82. The van der Waals surface area contributed by atoms with Gasteiger partial charge in [0, 0.05) is 44.9 Å². The van der Waals surface area contributed by atoms with Gasteiger partial charge in [-0.3, -0.25) is 9.69 Å². The maximum atomic E-state index is 12.6. The van der Waals surface area contributed by atoms with Crippen molar-refractivity contribution < 1.29 is 4.79 Å². The molecule has 0 atom stereocenters. The second-order valence-corrected chi connectivity index (χ2v) is 7.11. The normalized spacial score (nSPS) is 10.8. The van der Waals surface area contributed by atoms with Crippen LogP contribution in [-0.2, 0) is 17.9 Å². The van der Waals surface area contributed by atoms with Crippen LogP contribution in [-0.4, -0.2) is 49.9 Å². The molecule has 0 N–H and O–H groups in total. The summed E-state index contributed by atoms with van der Waals surface area (Å²) in [5.74, 6) is 0.107.